The van der Waals surface area contributed by atoms with Gasteiger partial charge in [-0.1, -0.05) is 44.2 Å². The largest absolute Gasteiger partial charge is 0.340 e. The van der Waals surface area contributed by atoms with Crippen molar-refractivity contribution in [2.45, 2.75) is 53.1 Å². The van der Waals surface area contributed by atoms with Crippen LogP contribution in [-0.2, 0) is 11.3 Å². The summed E-state index contributed by atoms with van der Waals surface area (Å²) in [6, 6.07) is 10.6. The van der Waals surface area contributed by atoms with Crippen LogP contribution in [0.1, 0.15) is 46.6 Å². The molecule has 1 atom stereocenters. The molecule has 1 heterocycles. The summed E-state index contributed by atoms with van der Waals surface area (Å²) in [5.41, 5.74) is 0.911. The Balaban J connectivity index is 2.01. The fourth-order valence-electron chi connectivity index (χ4n) is 3.32. The zero-order chi connectivity index (χ0) is 17.3. The van der Waals surface area contributed by atoms with E-state index in [2.05, 4.69) is 69.9 Å². The maximum absolute atomic E-state index is 13.0. The van der Waals surface area contributed by atoms with Gasteiger partial charge >= 0.3 is 0 Å². The summed E-state index contributed by atoms with van der Waals surface area (Å²) in [5, 5.41) is 0. The van der Waals surface area contributed by atoms with E-state index in [1.165, 1.54) is 5.56 Å². The van der Waals surface area contributed by atoms with Gasteiger partial charge in [0.1, 0.15) is 0 Å². The normalized spacial score (nSPS) is 19.8. The molecule has 23 heavy (non-hydrogen) atoms. The van der Waals surface area contributed by atoms with Gasteiger partial charge in [0, 0.05) is 31.1 Å². The SMILES string of the molecule is CN(C(=O)C(C)(C)C1CCN(Cc2ccccc2)C1)C(C)(C)C. The summed E-state index contributed by atoms with van der Waals surface area (Å²) in [6.07, 6.45) is 1.10. The van der Waals surface area contributed by atoms with Crippen LogP contribution in [0.15, 0.2) is 30.3 Å². The van der Waals surface area contributed by atoms with Crippen molar-refractivity contribution < 1.29 is 4.79 Å². The number of likely N-dealkylation sites (tertiary alicyclic amines) is 1. The van der Waals surface area contributed by atoms with E-state index >= 15 is 0 Å². The molecule has 2 rings (SSSR count). The second kappa shape index (κ2) is 6.64. The highest BCUT2D eigenvalue weighted by Crippen LogP contribution is 2.37. The third-order valence-electron chi connectivity index (χ3n) is 5.40. The van der Waals surface area contributed by atoms with E-state index in [1.807, 2.05) is 11.9 Å². The fourth-order valence-corrected chi connectivity index (χ4v) is 3.32. The zero-order valence-corrected chi connectivity index (χ0v) is 15.6. The van der Waals surface area contributed by atoms with Crippen molar-refractivity contribution in [3.8, 4) is 0 Å². The smallest absolute Gasteiger partial charge is 0.228 e. The molecule has 0 bridgehead atoms. The molecule has 1 amide bonds. The first kappa shape index (κ1) is 18.0. The molecule has 1 aromatic carbocycles. The van der Waals surface area contributed by atoms with Gasteiger partial charge in [-0.15, -0.1) is 0 Å². The Bertz CT molecular complexity index is 530. The number of carbonyl (C=O) groups excluding carboxylic acids is 1. The van der Waals surface area contributed by atoms with E-state index < -0.39 is 0 Å². The first-order valence-electron chi connectivity index (χ1n) is 8.67. The maximum Gasteiger partial charge on any atom is 0.228 e. The first-order chi connectivity index (χ1) is 10.6. The second-order valence-electron chi connectivity index (χ2n) is 8.46. The van der Waals surface area contributed by atoms with E-state index in [0.29, 0.717) is 5.92 Å². The van der Waals surface area contributed by atoms with Gasteiger partial charge in [0.25, 0.3) is 0 Å². The minimum absolute atomic E-state index is 0.128. The summed E-state index contributed by atoms with van der Waals surface area (Å²) in [5.74, 6) is 0.681. The monoisotopic (exact) mass is 316 g/mol. The number of nitrogens with zero attached hydrogens (tertiary/aromatic N) is 2. The highest BCUT2D eigenvalue weighted by Gasteiger charge is 2.43. The Morgan fingerprint density at radius 1 is 1.17 bits per heavy atom. The lowest BCUT2D eigenvalue weighted by Gasteiger charge is -2.40. The molecule has 0 saturated carbocycles. The van der Waals surface area contributed by atoms with Crippen molar-refractivity contribution in [2.24, 2.45) is 11.3 Å². The van der Waals surface area contributed by atoms with E-state index in [4.69, 9.17) is 0 Å². The minimum atomic E-state index is -0.312. The Hall–Kier alpha value is -1.35. The van der Waals surface area contributed by atoms with Crippen molar-refractivity contribution in [3.63, 3.8) is 0 Å². The lowest BCUT2D eigenvalue weighted by molar-refractivity contribution is -0.146. The molecule has 3 nitrogen and oxygen atoms in total. The van der Waals surface area contributed by atoms with Crippen LogP contribution < -0.4 is 0 Å². The molecule has 1 fully saturated rings. The van der Waals surface area contributed by atoms with Crippen molar-refractivity contribution in [2.75, 3.05) is 20.1 Å². The van der Waals surface area contributed by atoms with Crippen molar-refractivity contribution >= 4 is 5.91 Å². The van der Waals surface area contributed by atoms with Crippen LogP contribution in [0.2, 0.25) is 0 Å². The van der Waals surface area contributed by atoms with E-state index in [-0.39, 0.29) is 16.9 Å². The molecule has 0 N–H and O–H groups in total. The molecular weight excluding hydrogens is 284 g/mol. The Kier molecular flexibility index (Phi) is 5.20. The average molecular weight is 316 g/mol. The Morgan fingerprint density at radius 3 is 2.35 bits per heavy atom. The first-order valence-corrected chi connectivity index (χ1v) is 8.67. The standard InChI is InChI=1S/C20H32N2O/c1-19(2,3)21(6)18(23)20(4,5)17-12-13-22(15-17)14-16-10-8-7-9-11-16/h7-11,17H,12-15H2,1-6H3. The van der Waals surface area contributed by atoms with Crippen LogP contribution >= 0.6 is 0 Å². The van der Waals surface area contributed by atoms with Crippen LogP contribution in [-0.4, -0.2) is 41.4 Å². The van der Waals surface area contributed by atoms with Gasteiger partial charge in [-0.2, -0.15) is 0 Å². The van der Waals surface area contributed by atoms with E-state index in [1.54, 1.807) is 0 Å². The summed E-state index contributed by atoms with van der Waals surface area (Å²) in [6.45, 7) is 13.6. The number of rotatable bonds is 4. The topological polar surface area (TPSA) is 23.6 Å². The van der Waals surface area contributed by atoms with Crippen molar-refractivity contribution in [1.29, 1.82) is 0 Å². The Morgan fingerprint density at radius 2 is 1.78 bits per heavy atom. The van der Waals surface area contributed by atoms with Crippen molar-refractivity contribution in [3.05, 3.63) is 35.9 Å². The van der Waals surface area contributed by atoms with Crippen LogP contribution in [0.25, 0.3) is 0 Å². The predicted octanol–water partition coefficient (Wildman–Crippen LogP) is 3.79. The molecular formula is C20H32N2O. The van der Waals surface area contributed by atoms with E-state index in [9.17, 15) is 4.79 Å². The number of amides is 1. The predicted molar refractivity (Wildman–Crippen MR) is 96.1 cm³/mol. The molecule has 1 aliphatic rings. The maximum atomic E-state index is 13.0. The van der Waals surface area contributed by atoms with Gasteiger partial charge in [0.2, 0.25) is 5.91 Å². The van der Waals surface area contributed by atoms with E-state index in [0.717, 1.165) is 26.1 Å². The van der Waals surface area contributed by atoms with Crippen molar-refractivity contribution in [1.82, 2.24) is 9.80 Å². The summed E-state index contributed by atoms with van der Waals surface area (Å²) in [7, 11) is 1.93. The lowest BCUT2D eigenvalue weighted by Crippen LogP contribution is -2.51. The van der Waals surface area contributed by atoms with Crippen LogP contribution in [0.4, 0.5) is 0 Å². The quantitative estimate of drug-likeness (QED) is 0.844. The van der Waals surface area contributed by atoms with Crippen LogP contribution in [0.3, 0.4) is 0 Å². The number of hydrogen-bond acceptors (Lipinski definition) is 2. The highest BCUT2D eigenvalue weighted by molar-refractivity contribution is 5.82. The number of hydrogen-bond donors (Lipinski definition) is 0. The van der Waals surface area contributed by atoms with Crippen LogP contribution in [0, 0.1) is 11.3 Å². The minimum Gasteiger partial charge on any atom is -0.340 e. The average Bonchev–Trinajstić information content (AvgIpc) is 2.95. The molecule has 0 aliphatic carbocycles. The molecule has 0 radical (unpaired) electrons. The fraction of sp³-hybridized carbons (Fsp3) is 0.650. The van der Waals surface area contributed by atoms with Crippen LogP contribution in [0.5, 0.6) is 0 Å². The van der Waals surface area contributed by atoms with Gasteiger partial charge in [-0.05, 0) is 45.2 Å². The molecule has 0 spiro atoms. The molecule has 3 heteroatoms. The van der Waals surface area contributed by atoms with Gasteiger partial charge < -0.3 is 4.90 Å². The summed E-state index contributed by atoms with van der Waals surface area (Å²) < 4.78 is 0. The Labute approximate surface area is 141 Å². The number of carbonyl (C=O) groups is 1. The lowest BCUT2D eigenvalue weighted by atomic mass is 9.76. The van der Waals surface area contributed by atoms with Gasteiger partial charge in [-0.25, -0.2) is 0 Å². The third kappa shape index (κ3) is 4.14. The molecule has 128 valence electrons. The summed E-state index contributed by atoms with van der Waals surface area (Å²) >= 11 is 0. The molecule has 0 aromatic heterocycles. The zero-order valence-electron chi connectivity index (χ0n) is 15.6. The van der Waals surface area contributed by atoms with Gasteiger partial charge in [-0.3, -0.25) is 9.69 Å². The molecule has 1 unspecified atom stereocenters. The third-order valence-corrected chi connectivity index (χ3v) is 5.40. The van der Waals surface area contributed by atoms with Gasteiger partial charge in [0.05, 0.1) is 0 Å². The molecule has 1 aliphatic heterocycles. The second-order valence-corrected chi connectivity index (χ2v) is 8.46. The van der Waals surface area contributed by atoms with Gasteiger partial charge in [0.15, 0.2) is 0 Å². The molecule has 1 saturated heterocycles. The highest BCUT2D eigenvalue weighted by atomic mass is 16.2. The number of benzene rings is 1. The summed E-state index contributed by atoms with van der Waals surface area (Å²) in [4.78, 5) is 17.4. The molecule has 1 aromatic rings.